The van der Waals surface area contributed by atoms with Crippen molar-refractivity contribution in [2.75, 3.05) is 0 Å². The topological polar surface area (TPSA) is 64.5 Å². The summed E-state index contributed by atoms with van der Waals surface area (Å²) in [5.74, 6) is 0. The minimum atomic E-state index is 0.838. The fourth-order valence-electron chi connectivity index (χ4n) is 5.62. The lowest BCUT2D eigenvalue weighted by Gasteiger charge is -2.16. The number of benzene rings is 3. The number of fused-ring (bicyclic) bond motifs is 5. The average molecular weight is 512 g/mol. The van der Waals surface area contributed by atoms with Gasteiger partial charge in [0.2, 0.25) is 0 Å². The van der Waals surface area contributed by atoms with E-state index in [-0.39, 0.29) is 0 Å². The molecule has 5 aromatic heterocycles. The van der Waals surface area contributed by atoms with Crippen molar-refractivity contribution in [2.45, 2.75) is 0 Å². The number of rotatable bonds is 3. The van der Waals surface area contributed by atoms with E-state index in [0.717, 1.165) is 77.4 Å². The molecule has 0 bridgehead atoms. The van der Waals surface area contributed by atoms with Crippen molar-refractivity contribution in [3.63, 3.8) is 0 Å². The van der Waals surface area contributed by atoms with Crippen LogP contribution in [0.3, 0.4) is 0 Å². The second-order valence-electron chi connectivity index (χ2n) is 9.72. The number of aromatic nitrogens is 5. The molecule has 8 aromatic rings. The second-order valence-corrected chi connectivity index (χ2v) is 9.72. The van der Waals surface area contributed by atoms with Gasteiger partial charge in [0.25, 0.3) is 0 Å². The third kappa shape index (κ3) is 3.52. The van der Waals surface area contributed by atoms with Gasteiger partial charge in [-0.25, -0.2) is 9.97 Å². The largest absolute Gasteiger partial charge is 0.256 e. The molecular formula is C35H21N5. The summed E-state index contributed by atoms with van der Waals surface area (Å²) in [6, 6.07) is 37.0. The first kappa shape index (κ1) is 22.4. The van der Waals surface area contributed by atoms with Gasteiger partial charge >= 0.3 is 0 Å². The van der Waals surface area contributed by atoms with E-state index in [9.17, 15) is 0 Å². The predicted molar refractivity (Wildman–Crippen MR) is 162 cm³/mol. The van der Waals surface area contributed by atoms with E-state index in [2.05, 4.69) is 59.6 Å². The molecule has 0 N–H and O–H groups in total. The molecule has 5 heterocycles. The molecule has 5 heteroatoms. The van der Waals surface area contributed by atoms with E-state index in [4.69, 9.17) is 19.9 Å². The summed E-state index contributed by atoms with van der Waals surface area (Å²) in [5, 5.41) is 4.25. The first-order valence-corrected chi connectivity index (χ1v) is 13.2. The lowest BCUT2D eigenvalue weighted by atomic mass is 9.91. The Balaban J connectivity index is 1.42. The van der Waals surface area contributed by atoms with Crippen molar-refractivity contribution in [1.82, 2.24) is 24.9 Å². The van der Waals surface area contributed by atoms with Gasteiger partial charge in [0, 0.05) is 56.8 Å². The van der Waals surface area contributed by atoms with Gasteiger partial charge in [-0.3, -0.25) is 15.0 Å². The molecule has 0 aliphatic carbocycles. The lowest BCUT2D eigenvalue weighted by molar-refractivity contribution is 1.25. The Morgan fingerprint density at radius 3 is 2.05 bits per heavy atom. The van der Waals surface area contributed by atoms with Crippen molar-refractivity contribution in [3.8, 4) is 33.8 Å². The standard InChI is InChI=1S/C35H21N5/c1-2-11-29-25(9-1)32(27-16-15-22-8-6-20-37-33(22)35(27)40-29)26-18-17-23(24-10-7-21-38-34(24)26)28-13-5-14-31(39-28)30-12-3-4-19-36-30/h1-21H. The molecule has 0 saturated heterocycles. The molecule has 40 heavy (non-hydrogen) atoms. The van der Waals surface area contributed by atoms with Crippen LogP contribution in [0.4, 0.5) is 0 Å². The summed E-state index contributed by atoms with van der Waals surface area (Å²) in [6.07, 6.45) is 5.48. The summed E-state index contributed by atoms with van der Waals surface area (Å²) in [6.45, 7) is 0. The molecular weight excluding hydrogens is 490 g/mol. The lowest BCUT2D eigenvalue weighted by Crippen LogP contribution is -1.95. The quantitative estimate of drug-likeness (QED) is 0.176. The summed E-state index contributed by atoms with van der Waals surface area (Å²) >= 11 is 0. The second kappa shape index (κ2) is 9.03. The van der Waals surface area contributed by atoms with Crippen LogP contribution in [0.1, 0.15) is 0 Å². The van der Waals surface area contributed by atoms with Gasteiger partial charge in [0.15, 0.2) is 0 Å². The summed E-state index contributed by atoms with van der Waals surface area (Å²) in [7, 11) is 0. The van der Waals surface area contributed by atoms with Crippen molar-refractivity contribution in [1.29, 1.82) is 0 Å². The van der Waals surface area contributed by atoms with Crippen molar-refractivity contribution in [2.24, 2.45) is 0 Å². The van der Waals surface area contributed by atoms with Gasteiger partial charge in [0.1, 0.15) is 0 Å². The third-order valence-electron chi connectivity index (χ3n) is 7.41. The minimum absolute atomic E-state index is 0.838. The number of pyridine rings is 5. The van der Waals surface area contributed by atoms with Crippen molar-refractivity contribution in [3.05, 3.63) is 128 Å². The van der Waals surface area contributed by atoms with Crippen LogP contribution in [-0.4, -0.2) is 24.9 Å². The fourth-order valence-corrected chi connectivity index (χ4v) is 5.62. The fraction of sp³-hybridized carbons (Fsp3) is 0. The van der Waals surface area contributed by atoms with E-state index >= 15 is 0 Å². The van der Waals surface area contributed by atoms with E-state index in [1.807, 2.05) is 67.0 Å². The maximum atomic E-state index is 5.08. The van der Waals surface area contributed by atoms with Crippen LogP contribution in [0.2, 0.25) is 0 Å². The predicted octanol–water partition coefficient (Wildman–Crippen LogP) is 8.28. The highest BCUT2D eigenvalue weighted by molar-refractivity contribution is 6.19. The molecule has 186 valence electrons. The molecule has 5 nitrogen and oxygen atoms in total. The molecule has 0 amide bonds. The molecule has 0 aliphatic rings. The highest BCUT2D eigenvalue weighted by atomic mass is 14.8. The molecule has 0 unspecified atom stereocenters. The molecule has 0 fully saturated rings. The first-order valence-electron chi connectivity index (χ1n) is 13.2. The number of nitrogens with zero attached hydrogens (tertiary/aromatic N) is 5. The SMILES string of the molecule is c1ccc(-c2cccc(-c3ccc(-c4c5ccccc5nc5c4ccc4cccnc45)c4ncccc34)n2)nc1. The Hall–Kier alpha value is -5.55. The van der Waals surface area contributed by atoms with Gasteiger partial charge in [-0.1, -0.05) is 66.7 Å². The normalized spacial score (nSPS) is 11.5. The van der Waals surface area contributed by atoms with Crippen LogP contribution >= 0.6 is 0 Å². The zero-order valence-electron chi connectivity index (χ0n) is 21.4. The Morgan fingerprint density at radius 1 is 0.375 bits per heavy atom. The molecule has 8 rings (SSSR count). The molecule has 3 aromatic carbocycles. The number of hydrogen-bond donors (Lipinski definition) is 0. The smallest absolute Gasteiger partial charge is 0.0978 e. The molecule has 0 atom stereocenters. The highest BCUT2D eigenvalue weighted by Gasteiger charge is 2.18. The number of hydrogen-bond acceptors (Lipinski definition) is 5. The van der Waals surface area contributed by atoms with E-state index in [0.29, 0.717) is 0 Å². The van der Waals surface area contributed by atoms with E-state index in [1.54, 1.807) is 6.20 Å². The van der Waals surface area contributed by atoms with Crippen LogP contribution in [0.25, 0.3) is 77.4 Å². The molecule has 0 radical (unpaired) electrons. The van der Waals surface area contributed by atoms with Crippen LogP contribution in [0.5, 0.6) is 0 Å². The van der Waals surface area contributed by atoms with Crippen LogP contribution in [-0.2, 0) is 0 Å². The van der Waals surface area contributed by atoms with Crippen molar-refractivity contribution >= 4 is 43.6 Å². The molecule has 0 saturated carbocycles. The highest BCUT2D eigenvalue weighted by Crippen LogP contribution is 2.41. The number of para-hydroxylation sites is 1. The third-order valence-corrected chi connectivity index (χ3v) is 7.41. The van der Waals surface area contributed by atoms with Gasteiger partial charge in [0.05, 0.1) is 39.1 Å². The summed E-state index contributed by atoms with van der Waals surface area (Å²) in [5.41, 5.74) is 9.40. The van der Waals surface area contributed by atoms with E-state index < -0.39 is 0 Å². The zero-order valence-corrected chi connectivity index (χ0v) is 21.4. The maximum Gasteiger partial charge on any atom is 0.0978 e. The van der Waals surface area contributed by atoms with Crippen molar-refractivity contribution < 1.29 is 0 Å². The zero-order chi connectivity index (χ0) is 26.5. The van der Waals surface area contributed by atoms with Gasteiger partial charge in [-0.05, 0) is 42.5 Å². The van der Waals surface area contributed by atoms with Crippen LogP contribution in [0.15, 0.2) is 128 Å². The summed E-state index contributed by atoms with van der Waals surface area (Å²) in [4.78, 5) is 24.2. The minimum Gasteiger partial charge on any atom is -0.256 e. The van der Waals surface area contributed by atoms with Crippen LogP contribution < -0.4 is 0 Å². The maximum absolute atomic E-state index is 5.08. The monoisotopic (exact) mass is 511 g/mol. The Labute approximate surface area is 229 Å². The van der Waals surface area contributed by atoms with Crippen LogP contribution in [0, 0.1) is 0 Å². The first-order chi connectivity index (χ1) is 19.8. The Bertz CT molecular complexity index is 2220. The Morgan fingerprint density at radius 2 is 1.12 bits per heavy atom. The average Bonchev–Trinajstić information content (AvgIpc) is 3.04. The van der Waals surface area contributed by atoms with Gasteiger partial charge in [-0.2, -0.15) is 0 Å². The van der Waals surface area contributed by atoms with E-state index in [1.165, 1.54) is 0 Å². The summed E-state index contributed by atoms with van der Waals surface area (Å²) < 4.78 is 0. The molecule has 0 aliphatic heterocycles. The molecule has 0 spiro atoms. The Kier molecular flexibility index (Phi) is 5.07. The van der Waals surface area contributed by atoms with Gasteiger partial charge in [-0.15, -0.1) is 0 Å². The van der Waals surface area contributed by atoms with Gasteiger partial charge < -0.3 is 0 Å².